The second-order valence-electron chi connectivity index (χ2n) is 4.01. The Labute approximate surface area is 107 Å². The van der Waals surface area contributed by atoms with E-state index in [-0.39, 0.29) is 24.1 Å². The molecule has 5 heteroatoms. The summed E-state index contributed by atoms with van der Waals surface area (Å²) in [5.74, 6) is -0.654. The molecule has 3 nitrogen and oxygen atoms in total. The lowest BCUT2D eigenvalue weighted by Crippen LogP contribution is -2.19. The van der Waals surface area contributed by atoms with Crippen molar-refractivity contribution in [2.75, 3.05) is 11.9 Å². The number of amides is 1. The van der Waals surface area contributed by atoms with E-state index in [2.05, 4.69) is 21.2 Å². The Hall–Kier alpha value is -0.940. The number of carbonyl (C=O) groups is 1. The number of nitrogens with one attached hydrogen (secondary N) is 1. The molecular formula is C12H13BrFNO2. The highest BCUT2D eigenvalue weighted by molar-refractivity contribution is 9.10. The fraction of sp³-hybridized carbons (Fsp3) is 0.417. The van der Waals surface area contributed by atoms with Crippen LogP contribution >= 0.6 is 15.9 Å². The van der Waals surface area contributed by atoms with Crippen LogP contribution in [0.5, 0.6) is 0 Å². The van der Waals surface area contributed by atoms with Crippen LogP contribution in [0.4, 0.5) is 10.1 Å². The molecule has 92 valence electrons. The fourth-order valence-electron chi connectivity index (χ4n) is 1.80. The summed E-state index contributed by atoms with van der Waals surface area (Å²) in [6, 6.07) is 4.54. The van der Waals surface area contributed by atoms with Crippen molar-refractivity contribution < 1.29 is 13.9 Å². The SMILES string of the molecule is O=C(CC1CCCO1)Nc1ccc(Br)cc1F. The molecule has 1 aliphatic heterocycles. The highest BCUT2D eigenvalue weighted by atomic mass is 79.9. The standard InChI is InChI=1S/C12H13BrFNO2/c13-8-3-4-11(10(14)6-8)15-12(16)7-9-2-1-5-17-9/h3-4,6,9H,1-2,5,7H2,(H,15,16). The van der Waals surface area contributed by atoms with E-state index >= 15 is 0 Å². The van der Waals surface area contributed by atoms with E-state index in [4.69, 9.17) is 4.74 Å². The highest BCUT2D eigenvalue weighted by Gasteiger charge is 2.19. The van der Waals surface area contributed by atoms with E-state index < -0.39 is 5.82 Å². The van der Waals surface area contributed by atoms with E-state index in [0.29, 0.717) is 11.1 Å². The Kier molecular flexibility index (Phi) is 4.12. The number of halogens is 2. The van der Waals surface area contributed by atoms with E-state index in [0.717, 1.165) is 12.8 Å². The number of rotatable bonds is 3. The first-order valence-electron chi connectivity index (χ1n) is 5.51. The number of benzene rings is 1. The molecule has 0 radical (unpaired) electrons. The smallest absolute Gasteiger partial charge is 0.227 e. The molecule has 17 heavy (non-hydrogen) atoms. The Morgan fingerprint density at radius 3 is 3.06 bits per heavy atom. The van der Waals surface area contributed by atoms with Gasteiger partial charge >= 0.3 is 0 Å². The molecule has 1 unspecified atom stereocenters. The molecular weight excluding hydrogens is 289 g/mol. The van der Waals surface area contributed by atoms with Crippen molar-refractivity contribution in [3.05, 3.63) is 28.5 Å². The maximum absolute atomic E-state index is 13.4. The van der Waals surface area contributed by atoms with Gasteiger partial charge in [-0.3, -0.25) is 4.79 Å². The third kappa shape index (κ3) is 3.51. The second kappa shape index (κ2) is 5.60. The summed E-state index contributed by atoms with van der Waals surface area (Å²) in [5, 5.41) is 2.55. The van der Waals surface area contributed by atoms with Crippen molar-refractivity contribution in [2.45, 2.75) is 25.4 Å². The van der Waals surface area contributed by atoms with Gasteiger partial charge < -0.3 is 10.1 Å². The van der Waals surface area contributed by atoms with Gasteiger partial charge in [0.05, 0.1) is 18.2 Å². The van der Waals surface area contributed by atoms with Gasteiger partial charge in [-0.25, -0.2) is 4.39 Å². The van der Waals surface area contributed by atoms with Gasteiger partial charge in [-0.05, 0) is 31.0 Å². The molecule has 1 saturated heterocycles. The third-order valence-corrected chi connectivity index (χ3v) is 3.14. The zero-order chi connectivity index (χ0) is 12.3. The predicted molar refractivity (Wildman–Crippen MR) is 66.3 cm³/mol. The Bertz CT molecular complexity index is 419. The first-order valence-corrected chi connectivity index (χ1v) is 6.31. The minimum absolute atomic E-state index is 0.0199. The molecule has 1 N–H and O–H groups in total. The van der Waals surface area contributed by atoms with Crippen molar-refractivity contribution in [3.8, 4) is 0 Å². The van der Waals surface area contributed by atoms with E-state index in [1.165, 1.54) is 12.1 Å². The van der Waals surface area contributed by atoms with Gasteiger partial charge in [0, 0.05) is 11.1 Å². The first-order chi connectivity index (χ1) is 8.15. The summed E-state index contributed by atoms with van der Waals surface area (Å²) in [6.07, 6.45) is 2.16. The molecule has 1 fully saturated rings. The normalized spacial score (nSPS) is 19.3. The number of carbonyl (C=O) groups excluding carboxylic acids is 1. The van der Waals surface area contributed by atoms with Crippen molar-refractivity contribution in [2.24, 2.45) is 0 Å². The van der Waals surface area contributed by atoms with Crippen LogP contribution in [-0.4, -0.2) is 18.6 Å². The molecule has 1 amide bonds. The highest BCUT2D eigenvalue weighted by Crippen LogP contribution is 2.21. The van der Waals surface area contributed by atoms with Crippen LogP contribution in [0, 0.1) is 5.82 Å². The molecule has 1 heterocycles. The molecule has 0 aliphatic carbocycles. The minimum atomic E-state index is -0.444. The van der Waals surface area contributed by atoms with Crippen LogP contribution in [0.2, 0.25) is 0 Å². The number of hydrogen-bond donors (Lipinski definition) is 1. The van der Waals surface area contributed by atoms with Gasteiger partial charge in [-0.2, -0.15) is 0 Å². The van der Waals surface area contributed by atoms with Crippen molar-refractivity contribution in [1.29, 1.82) is 0 Å². The Morgan fingerprint density at radius 1 is 1.59 bits per heavy atom. The molecule has 2 rings (SSSR count). The zero-order valence-electron chi connectivity index (χ0n) is 9.21. The van der Waals surface area contributed by atoms with Crippen LogP contribution in [-0.2, 0) is 9.53 Å². The topological polar surface area (TPSA) is 38.3 Å². The summed E-state index contributed by atoms with van der Waals surface area (Å²) in [4.78, 5) is 11.6. The van der Waals surface area contributed by atoms with Crippen molar-refractivity contribution >= 4 is 27.5 Å². The van der Waals surface area contributed by atoms with E-state index in [9.17, 15) is 9.18 Å². The zero-order valence-corrected chi connectivity index (χ0v) is 10.8. The predicted octanol–water partition coefficient (Wildman–Crippen LogP) is 3.10. The van der Waals surface area contributed by atoms with Gasteiger partial charge in [0.25, 0.3) is 0 Å². The average molecular weight is 302 g/mol. The van der Waals surface area contributed by atoms with Gasteiger partial charge in [-0.1, -0.05) is 15.9 Å². The molecule has 0 bridgehead atoms. The molecule has 0 saturated carbocycles. The van der Waals surface area contributed by atoms with Crippen LogP contribution in [0.1, 0.15) is 19.3 Å². The van der Waals surface area contributed by atoms with Gasteiger partial charge in [-0.15, -0.1) is 0 Å². The second-order valence-corrected chi connectivity index (χ2v) is 4.93. The Morgan fingerprint density at radius 2 is 2.41 bits per heavy atom. The quantitative estimate of drug-likeness (QED) is 0.932. The van der Waals surface area contributed by atoms with Crippen molar-refractivity contribution in [3.63, 3.8) is 0 Å². The number of anilines is 1. The minimum Gasteiger partial charge on any atom is -0.378 e. The molecule has 1 aromatic carbocycles. The number of hydrogen-bond acceptors (Lipinski definition) is 2. The molecule has 1 aliphatic rings. The lowest BCUT2D eigenvalue weighted by molar-refractivity contribution is -0.118. The maximum Gasteiger partial charge on any atom is 0.227 e. The van der Waals surface area contributed by atoms with Crippen LogP contribution in [0.25, 0.3) is 0 Å². The van der Waals surface area contributed by atoms with E-state index in [1.807, 2.05) is 0 Å². The van der Waals surface area contributed by atoms with Gasteiger partial charge in [0.15, 0.2) is 0 Å². The lowest BCUT2D eigenvalue weighted by atomic mass is 10.2. The Balaban J connectivity index is 1.93. The molecule has 0 aromatic heterocycles. The first kappa shape index (κ1) is 12.5. The molecule has 1 atom stereocenters. The van der Waals surface area contributed by atoms with Gasteiger partial charge in [0.1, 0.15) is 5.82 Å². The third-order valence-electron chi connectivity index (χ3n) is 2.64. The van der Waals surface area contributed by atoms with Gasteiger partial charge in [0.2, 0.25) is 5.91 Å². The molecule has 1 aromatic rings. The summed E-state index contributed by atoms with van der Waals surface area (Å²) in [6.45, 7) is 0.713. The van der Waals surface area contributed by atoms with E-state index in [1.54, 1.807) is 6.07 Å². The summed E-state index contributed by atoms with van der Waals surface area (Å²) < 4.78 is 19.4. The maximum atomic E-state index is 13.4. The number of ether oxygens (including phenoxy) is 1. The summed E-state index contributed by atoms with van der Waals surface area (Å²) >= 11 is 3.16. The van der Waals surface area contributed by atoms with Crippen LogP contribution in [0.3, 0.4) is 0 Å². The van der Waals surface area contributed by atoms with Crippen LogP contribution in [0.15, 0.2) is 22.7 Å². The van der Waals surface area contributed by atoms with Crippen molar-refractivity contribution in [1.82, 2.24) is 0 Å². The summed E-state index contributed by atoms with van der Waals surface area (Å²) in [5.41, 5.74) is 0.205. The van der Waals surface area contributed by atoms with Crippen LogP contribution < -0.4 is 5.32 Å². The lowest BCUT2D eigenvalue weighted by Gasteiger charge is -2.10. The average Bonchev–Trinajstić information content (AvgIpc) is 2.75. The monoisotopic (exact) mass is 301 g/mol. The largest absolute Gasteiger partial charge is 0.378 e. The molecule has 0 spiro atoms. The fourth-order valence-corrected chi connectivity index (χ4v) is 2.14. The summed E-state index contributed by atoms with van der Waals surface area (Å²) in [7, 11) is 0.